The van der Waals surface area contributed by atoms with E-state index < -0.39 is 0 Å². The highest BCUT2D eigenvalue weighted by molar-refractivity contribution is 6.27. The van der Waals surface area contributed by atoms with Gasteiger partial charge in [-0.2, -0.15) is 0 Å². The number of aliphatic hydroxyl groups is 1. The quantitative estimate of drug-likeness (QED) is 0.686. The molecule has 4 heteroatoms. The number of carbonyl (C=O) groups excluding carboxylic acids is 2. The van der Waals surface area contributed by atoms with Crippen LogP contribution in [0.3, 0.4) is 0 Å². The lowest BCUT2D eigenvalue weighted by Gasteiger charge is -2.11. The minimum absolute atomic E-state index is 0.0257. The molecule has 0 radical (unpaired) electrons. The molecule has 1 aromatic heterocycles. The van der Waals surface area contributed by atoms with Crippen molar-refractivity contribution in [2.24, 2.45) is 0 Å². The Morgan fingerprint density at radius 2 is 1.65 bits per heavy atom. The van der Waals surface area contributed by atoms with Crippen molar-refractivity contribution >= 4 is 11.6 Å². The third kappa shape index (κ3) is 1.28. The molecule has 0 saturated heterocycles. The van der Waals surface area contributed by atoms with Gasteiger partial charge in [0.25, 0.3) is 0 Å². The topological polar surface area (TPSA) is 67.5 Å². The minimum Gasteiger partial charge on any atom is -0.454 e. The number of fused-ring (bicyclic) bond motifs is 2. The largest absolute Gasteiger partial charge is 0.454 e. The summed E-state index contributed by atoms with van der Waals surface area (Å²) < 4.78 is 5.17. The summed E-state index contributed by atoms with van der Waals surface area (Å²) in [5, 5.41) is 8.96. The molecule has 3 rings (SSSR count). The number of rotatable bonds is 1. The molecule has 4 nitrogen and oxygen atoms in total. The molecule has 1 aliphatic rings. The van der Waals surface area contributed by atoms with Gasteiger partial charge in [0.2, 0.25) is 5.78 Å². The number of furan rings is 1. The van der Waals surface area contributed by atoms with Gasteiger partial charge in [0, 0.05) is 11.1 Å². The molecular formula is C13H8O4. The Balaban J connectivity index is 2.27. The van der Waals surface area contributed by atoms with Crippen LogP contribution in [0, 0.1) is 0 Å². The first-order chi connectivity index (χ1) is 8.22. The van der Waals surface area contributed by atoms with E-state index in [9.17, 15) is 9.59 Å². The number of aliphatic hydroxyl groups excluding tert-OH is 1. The predicted molar refractivity (Wildman–Crippen MR) is 57.9 cm³/mol. The highest BCUT2D eigenvalue weighted by Crippen LogP contribution is 2.29. The predicted octanol–water partition coefficient (Wildman–Crippen LogP) is 1.55. The zero-order valence-electron chi connectivity index (χ0n) is 8.77. The summed E-state index contributed by atoms with van der Waals surface area (Å²) in [6, 6.07) is 8.04. The average molecular weight is 228 g/mol. The zero-order valence-corrected chi connectivity index (χ0v) is 8.77. The first-order valence-corrected chi connectivity index (χ1v) is 5.14. The lowest BCUT2D eigenvalue weighted by atomic mass is 9.89. The Morgan fingerprint density at radius 3 is 2.29 bits per heavy atom. The second-order valence-electron chi connectivity index (χ2n) is 3.82. The van der Waals surface area contributed by atoms with Gasteiger partial charge in [0.15, 0.2) is 11.5 Å². The van der Waals surface area contributed by atoms with E-state index >= 15 is 0 Å². The molecule has 0 atom stereocenters. The second-order valence-corrected chi connectivity index (χ2v) is 3.82. The van der Waals surface area contributed by atoms with Crippen LogP contribution in [0.1, 0.15) is 37.8 Å². The lowest BCUT2D eigenvalue weighted by molar-refractivity contribution is 0.0957. The maximum Gasteiger partial charge on any atom is 0.229 e. The Hall–Kier alpha value is -2.20. The molecule has 1 heterocycles. The number of benzene rings is 1. The Labute approximate surface area is 96.5 Å². The van der Waals surface area contributed by atoms with Gasteiger partial charge >= 0.3 is 0 Å². The van der Waals surface area contributed by atoms with Crippen LogP contribution in [-0.4, -0.2) is 16.7 Å². The van der Waals surface area contributed by atoms with Crippen molar-refractivity contribution in [3.05, 3.63) is 58.5 Å². The first kappa shape index (κ1) is 9.99. The number of carbonyl (C=O) groups is 2. The fourth-order valence-electron chi connectivity index (χ4n) is 2.00. The van der Waals surface area contributed by atoms with Crippen LogP contribution < -0.4 is 0 Å². The van der Waals surface area contributed by atoms with Gasteiger partial charge in [-0.25, -0.2) is 0 Å². The van der Waals surface area contributed by atoms with E-state index in [1.807, 2.05) is 0 Å². The molecule has 1 aromatic carbocycles. The van der Waals surface area contributed by atoms with E-state index in [1.54, 1.807) is 24.3 Å². The highest BCUT2D eigenvalue weighted by Gasteiger charge is 2.33. The van der Waals surface area contributed by atoms with E-state index in [1.165, 1.54) is 6.07 Å². The Bertz CT molecular complexity index is 584. The SMILES string of the molecule is O=C1c2ccccc2C(=O)c2oc(CO)cc21. The van der Waals surface area contributed by atoms with Gasteiger partial charge in [-0.05, 0) is 6.07 Å². The van der Waals surface area contributed by atoms with E-state index in [2.05, 4.69) is 0 Å². The molecule has 1 N–H and O–H groups in total. The average Bonchev–Trinajstić information content (AvgIpc) is 2.80. The van der Waals surface area contributed by atoms with E-state index in [0.717, 1.165) is 0 Å². The maximum atomic E-state index is 12.1. The molecule has 0 unspecified atom stereocenters. The molecule has 0 spiro atoms. The van der Waals surface area contributed by atoms with E-state index in [-0.39, 0.29) is 35.3 Å². The summed E-state index contributed by atoms with van der Waals surface area (Å²) in [4.78, 5) is 24.1. The highest BCUT2D eigenvalue weighted by atomic mass is 16.4. The molecule has 0 amide bonds. The lowest BCUT2D eigenvalue weighted by Crippen LogP contribution is -2.18. The van der Waals surface area contributed by atoms with Crippen LogP contribution in [0.5, 0.6) is 0 Å². The number of ketones is 2. The standard InChI is InChI=1S/C13H8O4/c14-6-7-5-10-11(15)8-3-1-2-4-9(8)12(16)13(10)17-7/h1-5,14H,6H2. The first-order valence-electron chi connectivity index (χ1n) is 5.14. The molecule has 0 bridgehead atoms. The molecular weight excluding hydrogens is 220 g/mol. The summed E-state index contributed by atoms with van der Waals surface area (Å²) >= 11 is 0. The molecule has 0 saturated carbocycles. The fraction of sp³-hybridized carbons (Fsp3) is 0.0769. The normalized spacial score (nSPS) is 13.5. The molecule has 84 valence electrons. The van der Waals surface area contributed by atoms with Crippen molar-refractivity contribution in [1.82, 2.24) is 0 Å². The molecule has 0 fully saturated rings. The summed E-state index contributed by atoms with van der Waals surface area (Å²) in [7, 11) is 0. The van der Waals surface area contributed by atoms with Gasteiger partial charge in [0.1, 0.15) is 12.4 Å². The fourth-order valence-corrected chi connectivity index (χ4v) is 2.00. The van der Waals surface area contributed by atoms with Crippen molar-refractivity contribution in [3.8, 4) is 0 Å². The van der Waals surface area contributed by atoms with Crippen LogP contribution in [0.25, 0.3) is 0 Å². The van der Waals surface area contributed by atoms with Crippen molar-refractivity contribution in [1.29, 1.82) is 0 Å². The van der Waals surface area contributed by atoms with Crippen molar-refractivity contribution < 1.29 is 19.1 Å². The van der Waals surface area contributed by atoms with Gasteiger partial charge < -0.3 is 9.52 Å². The summed E-state index contributed by atoms with van der Waals surface area (Å²) in [6.45, 7) is -0.329. The van der Waals surface area contributed by atoms with Gasteiger partial charge in [-0.15, -0.1) is 0 Å². The van der Waals surface area contributed by atoms with Gasteiger partial charge in [-0.3, -0.25) is 9.59 Å². The number of hydrogen-bond donors (Lipinski definition) is 1. The van der Waals surface area contributed by atoms with Crippen LogP contribution in [0.4, 0.5) is 0 Å². The Morgan fingerprint density at radius 1 is 1.00 bits per heavy atom. The monoisotopic (exact) mass is 228 g/mol. The van der Waals surface area contributed by atoms with Crippen LogP contribution in [-0.2, 0) is 6.61 Å². The van der Waals surface area contributed by atoms with Crippen molar-refractivity contribution in [2.45, 2.75) is 6.61 Å². The summed E-state index contributed by atoms with van der Waals surface area (Å²) in [5.41, 5.74) is 0.969. The van der Waals surface area contributed by atoms with Gasteiger partial charge in [-0.1, -0.05) is 24.3 Å². The van der Waals surface area contributed by atoms with Crippen molar-refractivity contribution in [3.63, 3.8) is 0 Å². The third-order valence-electron chi connectivity index (χ3n) is 2.81. The van der Waals surface area contributed by atoms with Crippen LogP contribution in [0.15, 0.2) is 34.7 Å². The molecule has 0 aliphatic heterocycles. The molecule has 1 aliphatic carbocycles. The molecule has 17 heavy (non-hydrogen) atoms. The summed E-state index contributed by atoms with van der Waals surface area (Å²) in [5.74, 6) is -0.296. The Kier molecular flexibility index (Phi) is 2.00. The second kappa shape index (κ2) is 3.40. The van der Waals surface area contributed by atoms with E-state index in [0.29, 0.717) is 11.1 Å². The van der Waals surface area contributed by atoms with Crippen LogP contribution in [0.2, 0.25) is 0 Å². The summed E-state index contributed by atoms with van der Waals surface area (Å²) in [6.07, 6.45) is 0. The van der Waals surface area contributed by atoms with Crippen LogP contribution >= 0.6 is 0 Å². The van der Waals surface area contributed by atoms with Crippen molar-refractivity contribution in [2.75, 3.05) is 0 Å². The van der Waals surface area contributed by atoms with Gasteiger partial charge in [0.05, 0.1) is 5.56 Å². The molecule has 2 aromatic rings. The smallest absolute Gasteiger partial charge is 0.229 e. The maximum absolute atomic E-state index is 12.1. The minimum atomic E-state index is -0.329. The van der Waals surface area contributed by atoms with E-state index in [4.69, 9.17) is 9.52 Å². The number of hydrogen-bond acceptors (Lipinski definition) is 4. The zero-order chi connectivity index (χ0) is 12.0. The third-order valence-corrected chi connectivity index (χ3v) is 2.81.